The minimum absolute atomic E-state index is 0.0541. The third-order valence-electron chi connectivity index (χ3n) is 4.05. The summed E-state index contributed by atoms with van der Waals surface area (Å²) in [6, 6.07) is 9.52. The SMILES string of the molecule is COc1ccc(CC(=O)O)cc1S(=O)(=O)N1CCc2ccc(Cl)cc21. The van der Waals surface area contributed by atoms with Crippen molar-refractivity contribution in [3.05, 3.63) is 52.5 Å². The van der Waals surface area contributed by atoms with Crippen molar-refractivity contribution in [1.29, 1.82) is 0 Å². The van der Waals surface area contributed by atoms with Crippen LogP contribution in [0, 0.1) is 0 Å². The fourth-order valence-electron chi connectivity index (χ4n) is 2.90. The number of carboxylic acids is 1. The van der Waals surface area contributed by atoms with E-state index in [1.54, 1.807) is 18.2 Å². The van der Waals surface area contributed by atoms with Crippen LogP contribution < -0.4 is 9.04 Å². The number of carbonyl (C=O) groups is 1. The summed E-state index contributed by atoms with van der Waals surface area (Å²) in [5, 5.41) is 9.40. The molecule has 1 heterocycles. The van der Waals surface area contributed by atoms with Crippen LogP contribution in [0.25, 0.3) is 0 Å². The maximum atomic E-state index is 13.2. The van der Waals surface area contributed by atoms with Gasteiger partial charge in [-0.1, -0.05) is 23.7 Å². The molecular formula is C17H16ClNO5S. The zero-order chi connectivity index (χ0) is 18.2. The van der Waals surface area contributed by atoms with Crippen molar-refractivity contribution in [2.24, 2.45) is 0 Å². The number of hydrogen-bond donors (Lipinski definition) is 1. The molecule has 0 amide bonds. The standard InChI is InChI=1S/C17H16ClNO5S/c1-24-15-5-2-11(9-17(20)21)8-16(15)25(22,23)19-7-6-12-3-4-13(18)10-14(12)19/h2-5,8,10H,6-7,9H2,1H3,(H,20,21). The Labute approximate surface area is 150 Å². The smallest absolute Gasteiger partial charge is 0.307 e. The molecule has 0 aliphatic carbocycles. The van der Waals surface area contributed by atoms with E-state index in [9.17, 15) is 13.2 Å². The van der Waals surface area contributed by atoms with E-state index in [1.165, 1.54) is 23.5 Å². The molecule has 25 heavy (non-hydrogen) atoms. The Balaban J connectivity index is 2.09. The van der Waals surface area contributed by atoms with Crippen molar-refractivity contribution < 1.29 is 23.1 Å². The third kappa shape index (κ3) is 3.29. The maximum absolute atomic E-state index is 13.2. The second kappa shape index (κ2) is 6.57. The molecule has 0 saturated heterocycles. The van der Waals surface area contributed by atoms with Gasteiger partial charge in [-0.3, -0.25) is 9.10 Å². The lowest BCUT2D eigenvalue weighted by Crippen LogP contribution is -2.29. The highest BCUT2D eigenvalue weighted by atomic mass is 35.5. The van der Waals surface area contributed by atoms with E-state index >= 15 is 0 Å². The van der Waals surface area contributed by atoms with Crippen molar-refractivity contribution in [1.82, 2.24) is 0 Å². The van der Waals surface area contributed by atoms with Crippen LogP contribution in [0.15, 0.2) is 41.3 Å². The van der Waals surface area contributed by atoms with E-state index in [2.05, 4.69) is 0 Å². The highest BCUT2D eigenvalue weighted by molar-refractivity contribution is 7.93. The van der Waals surface area contributed by atoms with Crippen LogP contribution in [0.5, 0.6) is 5.75 Å². The van der Waals surface area contributed by atoms with E-state index in [-0.39, 0.29) is 17.1 Å². The van der Waals surface area contributed by atoms with E-state index < -0.39 is 16.0 Å². The van der Waals surface area contributed by atoms with E-state index in [4.69, 9.17) is 21.4 Å². The first-order chi connectivity index (χ1) is 11.8. The van der Waals surface area contributed by atoms with Crippen molar-refractivity contribution in [3.63, 3.8) is 0 Å². The van der Waals surface area contributed by atoms with Crippen molar-refractivity contribution in [2.75, 3.05) is 18.0 Å². The molecular weight excluding hydrogens is 366 g/mol. The first-order valence-electron chi connectivity index (χ1n) is 7.53. The number of benzene rings is 2. The number of hydrogen-bond acceptors (Lipinski definition) is 4. The third-order valence-corrected chi connectivity index (χ3v) is 6.12. The summed E-state index contributed by atoms with van der Waals surface area (Å²) in [5.74, 6) is -0.864. The minimum Gasteiger partial charge on any atom is -0.495 e. The van der Waals surface area contributed by atoms with Crippen LogP contribution in [-0.4, -0.2) is 33.1 Å². The summed E-state index contributed by atoms with van der Waals surface area (Å²) in [7, 11) is -2.54. The lowest BCUT2D eigenvalue weighted by Gasteiger charge is -2.21. The van der Waals surface area contributed by atoms with Gasteiger partial charge >= 0.3 is 5.97 Å². The first kappa shape index (κ1) is 17.6. The molecule has 132 valence electrons. The summed E-state index contributed by atoms with van der Waals surface area (Å²) in [5.41, 5.74) is 1.82. The van der Waals surface area contributed by atoms with Crippen LogP contribution in [0.1, 0.15) is 11.1 Å². The molecule has 1 aliphatic rings. The van der Waals surface area contributed by atoms with Crippen molar-refractivity contribution in [3.8, 4) is 5.75 Å². The molecule has 0 fully saturated rings. The fourth-order valence-corrected chi connectivity index (χ4v) is 4.77. The Hall–Kier alpha value is -2.25. The molecule has 0 unspecified atom stereocenters. The highest BCUT2D eigenvalue weighted by Gasteiger charge is 2.33. The van der Waals surface area contributed by atoms with Crippen molar-refractivity contribution >= 4 is 33.3 Å². The number of nitrogens with zero attached hydrogens (tertiary/aromatic N) is 1. The van der Waals surface area contributed by atoms with Gasteiger partial charge in [0.1, 0.15) is 10.6 Å². The van der Waals surface area contributed by atoms with Crippen LogP contribution in [0.2, 0.25) is 5.02 Å². The Kier molecular flexibility index (Phi) is 4.62. The Morgan fingerprint density at radius 3 is 2.72 bits per heavy atom. The number of fused-ring (bicyclic) bond motifs is 1. The van der Waals surface area contributed by atoms with Gasteiger partial charge in [-0.05, 0) is 41.8 Å². The highest BCUT2D eigenvalue weighted by Crippen LogP contribution is 2.37. The number of sulfonamides is 1. The summed E-state index contributed by atoms with van der Waals surface area (Å²) < 4.78 is 32.8. The Morgan fingerprint density at radius 2 is 2.04 bits per heavy atom. The van der Waals surface area contributed by atoms with Gasteiger partial charge in [-0.2, -0.15) is 0 Å². The Morgan fingerprint density at radius 1 is 1.28 bits per heavy atom. The van der Waals surface area contributed by atoms with Gasteiger partial charge in [-0.25, -0.2) is 8.42 Å². The molecule has 0 spiro atoms. The summed E-state index contributed by atoms with van der Waals surface area (Å²) in [6.07, 6.45) is 0.317. The van der Waals surface area contributed by atoms with Gasteiger partial charge in [0.15, 0.2) is 0 Å². The number of methoxy groups -OCH3 is 1. The van der Waals surface area contributed by atoms with Gasteiger partial charge in [0.2, 0.25) is 0 Å². The summed E-state index contributed by atoms with van der Waals surface area (Å²) in [4.78, 5) is 10.9. The molecule has 3 rings (SSSR count). The first-order valence-corrected chi connectivity index (χ1v) is 9.34. The van der Waals surface area contributed by atoms with E-state index in [0.29, 0.717) is 29.2 Å². The van der Waals surface area contributed by atoms with Gasteiger partial charge in [0.05, 0.1) is 19.2 Å². The maximum Gasteiger partial charge on any atom is 0.307 e. The topological polar surface area (TPSA) is 83.9 Å². The molecule has 0 aromatic heterocycles. The molecule has 1 N–H and O–H groups in total. The van der Waals surface area contributed by atoms with Crippen molar-refractivity contribution in [2.45, 2.75) is 17.7 Å². The quantitative estimate of drug-likeness (QED) is 0.860. The zero-order valence-corrected chi connectivity index (χ0v) is 15.0. The van der Waals surface area contributed by atoms with Gasteiger partial charge in [0, 0.05) is 11.6 Å². The molecule has 0 atom stereocenters. The van der Waals surface area contributed by atoms with Crippen LogP contribution in [-0.2, 0) is 27.7 Å². The average Bonchev–Trinajstić information content (AvgIpc) is 2.98. The fraction of sp³-hybridized carbons (Fsp3) is 0.235. The monoisotopic (exact) mass is 381 g/mol. The molecule has 6 nitrogen and oxygen atoms in total. The van der Waals surface area contributed by atoms with Crippen LogP contribution in [0.4, 0.5) is 5.69 Å². The average molecular weight is 382 g/mol. The minimum atomic E-state index is -3.91. The largest absolute Gasteiger partial charge is 0.495 e. The molecule has 2 aromatic rings. The van der Waals surface area contributed by atoms with Gasteiger partial charge in [0.25, 0.3) is 10.0 Å². The van der Waals surface area contributed by atoms with Gasteiger partial charge in [-0.15, -0.1) is 0 Å². The summed E-state index contributed by atoms with van der Waals surface area (Å²) in [6.45, 7) is 0.296. The van der Waals surface area contributed by atoms with E-state index in [1.807, 2.05) is 6.07 Å². The number of rotatable bonds is 5. The number of aliphatic carboxylic acids is 1. The molecule has 0 radical (unpaired) electrons. The molecule has 0 saturated carbocycles. The molecule has 2 aromatic carbocycles. The number of anilines is 1. The molecule has 0 bridgehead atoms. The summed E-state index contributed by atoms with van der Waals surface area (Å²) >= 11 is 6.01. The number of halogens is 1. The van der Waals surface area contributed by atoms with E-state index in [0.717, 1.165) is 5.56 Å². The second-order valence-corrected chi connectivity index (χ2v) is 7.92. The Bertz CT molecular complexity index is 942. The lowest BCUT2D eigenvalue weighted by molar-refractivity contribution is -0.136. The number of carboxylic acid groups (broad SMARTS) is 1. The normalized spacial score (nSPS) is 13.6. The van der Waals surface area contributed by atoms with Gasteiger partial charge < -0.3 is 9.84 Å². The predicted octanol–water partition coefficient (Wildman–Crippen LogP) is 2.73. The van der Waals surface area contributed by atoms with Crippen LogP contribution >= 0.6 is 11.6 Å². The lowest BCUT2D eigenvalue weighted by atomic mass is 10.1. The molecule has 1 aliphatic heterocycles. The molecule has 8 heteroatoms. The zero-order valence-electron chi connectivity index (χ0n) is 13.4. The predicted molar refractivity (Wildman–Crippen MR) is 94.0 cm³/mol. The van der Waals surface area contributed by atoms with Crippen LogP contribution in [0.3, 0.4) is 0 Å². The number of ether oxygens (including phenoxy) is 1. The second-order valence-electron chi connectivity index (χ2n) is 5.66.